The van der Waals surface area contributed by atoms with Crippen molar-refractivity contribution >= 4 is 126 Å². The van der Waals surface area contributed by atoms with Gasteiger partial charge in [0.1, 0.15) is 60.5 Å². The van der Waals surface area contributed by atoms with E-state index in [1.54, 1.807) is 60.5 Å². The second kappa shape index (κ2) is 33.2. The highest BCUT2D eigenvalue weighted by Crippen LogP contribution is 2.31. The second-order valence-electron chi connectivity index (χ2n) is 24.1. The molecule has 4 amide bonds. The number of alkyl halides is 3. The maximum atomic E-state index is 12.6. The number of imidazole rings is 4. The molecule has 6 aromatic heterocycles. The zero-order chi connectivity index (χ0) is 74.2. The molecule has 8 heterocycles. The lowest BCUT2D eigenvalue weighted by molar-refractivity contribution is -0.274. The number of aryl methyl sites for hydroxylation is 1. The van der Waals surface area contributed by atoms with Gasteiger partial charge in [-0.2, -0.15) is 0 Å². The molecule has 0 fully saturated rings. The van der Waals surface area contributed by atoms with Crippen LogP contribution in [0.1, 0.15) is 30.1 Å². The van der Waals surface area contributed by atoms with E-state index >= 15 is 0 Å². The van der Waals surface area contributed by atoms with E-state index in [1.165, 1.54) is 12.1 Å². The Morgan fingerprint density at radius 2 is 0.776 bits per heavy atom. The summed E-state index contributed by atoms with van der Waals surface area (Å²) in [6.45, 7) is 2.44. The Morgan fingerprint density at radius 3 is 1.13 bits per heavy atom. The van der Waals surface area contributed by atoms with Crippen LogP contribution in [0.15, 0.2) is 265 Å². The van der Waals surface area contributed by atoms with Crippen molar-refractivity contribution in [1.82, 2.24) is 48.2 Å². The number of methoxy groups -OCH3 is 1. The fourth-order valence-corrected chi connectivity index (χ4v) is 11.9. The smallest absolute Gasteiger partial charge is 0.497 e. The van der Waals surface area contributed by atoms with Gasteiger partial charge in [0, 0.05) is 65.4 Å². The molecule has 0 saturated carbocycles. The maximum absolute atomic E-state index is 12.6. The largest absolute Gasteiger partial charge is 0.573 e. The van der Waals surface area contributed by atoms with Gasteiger partial charge in [0.2, 0.25) is 23.6 Å². The molecule has 107 heavy (non-hydrogen) atoms. The fourth-order valence-electron chi connectivity index (χ4n) is 11.7. The monoisotopic (exact) mass is 1450 g/mol. The van der Waals surface area contributed by atoms with Crippen LogP contribution in [0.2, 0.25) is 5.02 Å². The van der Waals surface area contributed by atoms with E-state index in [2.05, 4.69) is 65.9 Å². The molecule has 8 aromatic carbocycles. The van der Waals surface area contributed by atoms with Crippen molar-refractivity contribution in [3.8, 4) is 34.5 Å². The lowest BCUT2D eigenvalue weighted by Crippen LogP contribution is -2.20. The minimum absolute atomic E-state index is 0.0484. The summed E-state index contributed by atoms with van der Waals surface area (Å²) in [4.78, 5) is 86.4. The normalized spacial score (nSPS) is 12.1. The predicted octanol–water partition coefficient (Wildman–Crippen LogP) is 16.3. The maximum Gasteiger partial charge on any atom is 0.573 e. The Bertz CT molecular complexity index is 5660. The van der Waals surface area contributed by atoms with E-state index in [-0.39, 0.29) is 55.6 Å². The third-order valence-electron chi connectivity index (χ3n) is 16.6. The van der Waals surface area contributed by atoms with Gasteiger partial charge in [-0.15, -0.1) is 13.2 Å². The number of aromatic nitrogens is 10. The molecule has 2 aliphatic heterocycles. The van der Waals surface area contributed by atoms with Crippen LogP contribution in [0, 0.1) is 6.92 Å². The van der Waals surface area contributed by atoms with Gasteiger partial charge in [-0.1, -0.05) is 96.0 Å². The number of ether oxygens (including phenoxy) is 2. The molecule has 22 nitrogen and oxygen atoms in total. The molecular weight excluding hydrogens is 1390 g/mol. The number of aliphatic imine (C=N–C) groups is 2. The second-order valence-corrected chi connectivity index (χ2v) is 24.6. The summed E-state index contributed by atoms with van der Waals surface area (Å²) in [7, 11) is 1.61. The zero-order valence-electron chi connectivity index (χ0n) is 57.5. The number of para-hydroxylation sites is 8. The van der Waals surface area contributed by atoms with Gasteiger partial charge in [-0.25, -0.2) is 19.9 Å². The van der Waals surface area contributed by atoms with E-state index in [1.807, 2.05) is 215 Å². The highest BCUT2D eigenvalue weighted by Gasteiger charge is 2.31. The average Bonchev–Trinajstić information content (AvgIpc) is 1.66. The molecule has 0 unspecified atom stereocenters. The summed E-state index contributed by atoms with van der Waals surface area (Å²) >= 11 is 5.97. The van der Waals surface area contributed by atoms with Crippen molar-refractivity contribution in [3.05, 3.63) is 277 Å². The van der Waals surface area contributed by atoms with Gasteiger partial charge in [-0.05, 0) is 171 Å². The number of allylic oxidation sites excluding steroid dienone is 2. The lowest BCUT2D eigenvalue weighted by Gasteiger charge is -2.11. The molecule has 0 aliphatic carbocycles. The Morgan fingerprint density at radius 1 is 0.421 bits per heavy atom. The first-order chi connectivity index (χ1) is 52.0. The molecule has 26 heteroatoms. The SMILES string of the molecule is COc1ccc(NC(=O)Cn2c(C3=CCC=N3)nc3ccccc32)cc1.Cc1ccc(NC(=O)Cn2c(-c3ccccn3)nc3ccccc32)cc1.O=C(Cn1c(-c2ccccn2)nc2ccccc21)Nc1ccc(OC(F)(F)F)cc1.O=C(Cn1c(C2=CCC=N2)nc2ccccc21)Nc1cccc(Cl)c1. The van der Waals surface area contributed by atoms with Crippen LogP contribution in [0.4, 0.5) is 35.9 Å². The number of amides is 4. The number of benzene rings is 8. The van der Waals surface area contributed by atoms with Crippen molar-refractivity contribution in [2.24, 2.45) is 9.98 Å². The van der Waals surface area contributed by atoms with E-state index in [9.17, 15) is 32.3 Å². The van der Waals surface area contributed by atoms with Crippen LogP contribution in [-0.2, 0) is 45.4 Å². The molecule has 0 radical (unpaired) electrons. The number of fused-ring (bicyclic) bond motifs is 4. The number of nitrogens with one attached hydrogen (secondary N) is 4. The van der Waals surface area contributed by atoms with Gasteiger partial charge >= 0.3 is 6.36 Å². The molecule has 0 bridgehead atoms. The standard InChI is InChI=1S/C21H15F3N4O2.C21H18N4O.C20H18N4O2.C19H15ClN4O/c22-21(23,24)30-15-10-8-14(9-11-15)26-19(29)13-28-18-7-2-1-5-16(18)27-20(28)17-6-3-4-12-25-17;1-15-9-11-16(12-10-15)23-20(26)14-25-19-8-3-2-6-17(19)24-21(25)18-7-4-5-13-22-18;1-26-15-10-8-14(9-11-15)22-19(25)13-24-18-7-3-2-5-16(18)23-20(24)17-6-4-12-21-17;20-13-5-3-6-14(11-13)22-18(25)12-24-17-9-2-1-7-15(17)23-19(24)16-8-4-10-21-16/h1-12H,13H2,(H,26,29);2-13H,14H2,1H3,(H,23,26);2-3,5-12H,4,13H2,1H3,(H,22,25);1-3,5-11H,4,12H2,(H,22,25). The summed E-state index contributed by atoms with van der Waals surface area (Å²) < 4.78 is 53.2. The number of halogens is 4. The van der Waals surface area contributed by atoms with Crippen LogP contribution in [0.3, 0.4) is 0 Å². The van der Waals surface area contributed by atoms with Gasteiger partial charge in [-0.3, -0.25) is 39.1 Å². The quantitative estimate of drug-likeness (QED) is 0.0625. The summed E-state index contributed by atoms with van der Waals surface area (Å²) in [5, 5.41) is 12.0. The van der Waals surface area contributed by atoms with Crippen LogP contribution in [0.5, 0.6) is 11.5 Å². The first-order valence-electron chi connectivity index (χ1n) is 33.7. The Kier molecular flexibility index (Phi) is 22.2. The first-order valence-corrected chi connectivity index (χ1v) is 34.0. The van der Waals surface area contributed by atoms with Crippen molar-refractivity contribution in [3.63, 3.8) is 0 Å². The fraction of sp³-hybridized carbons (Fsp3) is 0.111. The molecule has 2 aliphatic rings. The van der Waals surface area contributed by atoms with E-state index in [0.717, 1.165) is 109 Å². The molecular formula is C81H66ClF3N16O6. The highest BCUT2D eigenvalue weighted by molar-refractivity contribution is 6.31. The number of rotatable bonds is 18. The summed E-state index contributed by atoms with van der Waals surface area (Å²) in [5.74, 6) is 2.30. The Labute approximate surface area is 615 Å². The molecule has 0 saturated heterocycles. The third kappa shape index (κ3) is 18.2. The highest BCUT2D eigenvalue weighted by atomic mass is 35.5. The van der Waals surface area contributed by atoms with Crippen molar-refractivity contribution in [2.45, 2.75) is 52.3 Å². The lowest BCUT2D eigenvalue weighted by atomic mass is 10.2. The first kappa shape index (κ1) is 71.7. The molecule has 534 valence electrons. The van der Waals surface area contributed by atoms with Crippen molar-refractivity contribution < 1.29 is 41.8 Å². The zero-order valence-corrected chi connectivity index (χ0v) is 58.2. The molecule has 16 rings (SSSR count). The topological polar surface area (TPSA) is 257 Å². The van der Waals surface area contributed by atoms with Gasteiger partial charge in [0.05, 0.1) is 51.2 Å². The molecule has 14 aromatic rings. The number of nitrogens with zero attached hydrogens (tertiary/aromatic N) is 12. The summed E-state index contributed by atoms with van der Waals surface area (Å²) in [6, 6.07) is 68.9. The van der Waals surface area contributed by atoms with Crippen LogP contribution in [0.25, 0.3) is 78.6 Å². The number of hydrogen-bond acceptors (Lipinski definition) is 14. The molecule has 0 atom stereocenters. The minimum Gasteiger partial charge on any atom is -0.497 e. The van der Waals surface area contributed by atoms with Gasteiger partial charge < -0.3 is 49.0 Å². The van der Waals surface area contributed by atoms with E-state index in [0.29, 0.717) is 45.4 Å². The number of pyridine rings is 2. The third-order valence-corrected chi connectivity index (χ3v) is 16.8. The number of anilines is 4. The predicted molar refractivity (Wildman–Crippen MR) is 411 cm³/mol. The summed E-state index contributed by atoms with van der Waals surface area (Å²) in [6.07, 6.45) is 7.88. The number of carbonyl (C=O) groups excluding carboxylic acids is 4. The average molecular weight is 1450 g/mol. The Balaban J connectivity index is 0.000000126. The van der Waals surface area contributed by atoms with E-state index in [4.69, 9.17) is 16.3 Å². The summed E-state index contributed by atoms with van der Waals surface area (Å²) in [5.41, 5.74) is 13.4. The molecule has 0 spiro atoms. The van der Waals surface area contributed by atoms with Crippen molar-refractivity contribution in [2.75, 3.05) is 28.4 Å². The van der Waals surface area contributed by atoms with E-state index < -0.39 is 6.36 Å². The number of carbonyl (C=O) groups is 4. The van der Waals surface area contributed by atoms with Gasteiger partial charge in [0.25, 0.3) is 0 Å². The van der Waals surface area contributed by atoms with Crippen molar-refractivity contribution in [1.29, 1.82) is 0 Å². The van der Waals surface area contributed by atoms with Crippen LogP contribution < -0.4 is 30.7 Å². The number of hydrogen-bond donors (Lipinski definition) is 4. The minimum atomic E-state index is -4.77. The Hall–Kier alpha value is -13.7. The molecule has 4 N–H and O–H groups in total. The van der Waals surface area contributed by atoms with Crippen LogP contribution in [-0.4, -0.2) is 97.7 Å². The van der Waals surface area contributed by atoms with Crippen LogP contribution >= 0.6 is 11.6 Å². The van der Waals surface area contributed by atoms with Gasteiger partial charge in [0.15, 0.2) is 23.3 Å².